The first-order valence-electron chi connectivity index (χ1n) is 6.20. The van der Waals surface area contributed by atoms with Gasteiger partial charge in [0.2, 0.25) is 0 Å². The van der Waals surface area contributed by atoms with Gasteiger partial charge < -0.3 is 5.32 Å². The Kier molecular flexibility index (Phi) is 4.42. The molecule has 18 heavy (non-hydrogen) atoms. The molecule has 1 N–H and O–H groups in total. The molecule has 0 radical (unpaired) electrons. The van der Waals surface area contributed by atoms with Gasteiger partial charge in [0.05, 0.1) is 6.20 Å². The highest BCUT2D eigenvalue weighted by Crippen LogP contribution is 2.21. The van der Waals surface area contributed by atoms with Crippen LogP contribution in [0.4, 0.5) is 5.69 Å². The topological polar surface area (TPSA) is 29.9 Å². The second kappa shape index (κ2) is 6.05. The number of aryl methyl sites for hydroxylation is 2. The van der Waals surface area contributed by atoms with E-state index in [2.05, 4.69) is 64.6 Å². The summed E-state index contributed by atoms with van der Waals surface area (Å²) in [5.41, 5.74) is 3.62. The summed E-state index contributed by atoms with van der Waals surface area (Å²) in [5, 5.41) is 7.77. The van der Waals surface area contributed by atoms with Crippen LogP contribution in [0.3, 0.4) is 0 Å². The van der Waals surface area contributed by atoms with Crippen molar-refractivity contribution >= 4 is 21.6 Å². The number of nitrogens with one attached hydrogen (secondary N) is 1. The van der Waals surface area contributed by atoms with E-state index in [9.17, 15) is 0 Å². The Bertz CT molecular complexity index is 520. The number of benzene rings is 1. The quantitative estimate of drug-likeness (QED) is 0.905. The van der Waals surface area contributed by atoms with E-state index < -0.39 is 0 Å². The maximum atomic E-state index is 4.33. The second-order valence-electron chi connectivity index (χ2n) is 4.42. The molecule has 0 saturated carbocycles. The molecule has 2 rings (SSSR count). The van der Waals surface area contributed by atoms with E-state index in [1.807, 2.05) is 10.9 Å². The number of anilines is 1. The fourth-order valence-corrected chi connectivity index (χ4v) is 2.19. The average Bonchev–Trinajstić information content (AvgIpc) is 2.79. The van der Waals surface area contributed by atoms with Gasteiger partial charge in [0.15, 0.2) is 0 Å². The van der Waals surface area contributed by atoms with Gasteiger partial charge in [0.25, 0.3) is 0 Å². The van der Waals surface area contributed by atoms with Crippen LogP contribution < -0.4 is 5.32 Å². The molecule has 0 amide bonds. The summed E-state index contributed by atoms with van der Waals surface area (Å²) in [5.74, 6) is 0. The van der Waals surface area contributed by atoms with E-state index in [1.54, 1.807) is 0 Å². The fraction of sp³-hybridized carbons (Fsp3) is 0.357. The van der Waals surface area contributed by atoms with Crippen molar-refractivity contribution in [3.8, 4) is 0 Å². The van der Waals surface area contributed by atoms with Crippen molar-refractivity contribution in [2.75, 3.05) is 5.32 Å². The Labute approximate surface area is 116 Å². The zero-order valence-electron chi connectivity index (χ0n) is 10.8. The standard InChI is InChI=1S/C14H18BrN3/c1-3-6-18-10-12(9-17-18)8-16-14-7-13(15)5-4-11(14)2/h4-5,7,9-10,16H,3,6,8H2,1-2H3. The molecule has 0 atom stereocenters. The van der Waals surface area contributed by atoms with Crippen LogP contribution in [0.2, 0.25) is 0 Å². The van der Waals surface area contributed by atoms with E-state index >= 15 is 0 Å². The van der Waals surface area contributed by atoms with Gasteiger partial charge in [-0.25, -0.2) is 0 Å². The fourth-order valence-electron chi connectivity index (χ4n) is 1.83. The SMILES string of the molecule is CCCn1cc(CNc2cc(Br)ccc2C)cn1. The van der Waals surface area contributed by atoms with Crippen molar-refractivity contribution in [1.82, 2.24) is 9.78 Å². The molecule has 0 aliphatic carbocycles. The minimum Gasteiger partial charge on any atom is -0.381 e. The van der Waals surface area contributed by atoms with Crippen LogP contribution >= 0.6 is 15.9 Å². The van der Waals surface area contributed by atoms with Crippen LogP contribution in [0.25, 0.3) is 0 Å². The number of nitrogens with zero attached hydrogens (tertiary/aromatic N) is 2. The first-order chi connectivity index (χ1) is 8.69. The monoisotopic (exact) mass is 307 g/mol. The van der Waals surface area contributed by atoms with Gasteiger partial charge in [-0.15, -0.1) is 0 Å². The Morgan fingerprint density at radius 2 is 2.22 bits per heavy atom. The lowest BCUT2D eigenvalue weighted by molar-refractivity contribution is 0.602. The Hall–Kier alpha value is -1.29. The van der Waals surface area contributed by atoms with Gasteiger partial charge in [0.1, 0.15) is 0 Å². The highest BCUT2D eigenvalue weighted by molar-refractivity contribution is 9.10. The second-order valence-corrected chi connectivity index (χ2v) is 5.34. The highest BCUT2D eigenvalue weighted by Gasteiger charge is 2.01. The van der Waals surface area contributed by atoms with Gasteiger partial charge in [-0.1, -0.05) is 28.9 Å². The van der Waals surface area contributed by atoms with Crippen LogP contribution in [0.15, 0.2) is 35.1 Å². The molecule has 96 valence electrons. The summed E-state index contributed by atoms with van der Waals surface area (Å²) in [4.78, 5) is 0. The maximum absolute atomic E-state index is 4.33. The largest absolute Gasteiger partial charge is 0.381 e. The van der Waals surface area contributed by atoms with Gasteiger partial charge in [-0.3, -0.25) is 4.68 Å². The van der Waals surface area contributed by atoms with Crippen LogP contribution in [0, 0.1) is 6.92 Å². The summed E-state index contributed by atoms with van der Waals surface area (Å²) < 4.78 is 3.09. The number of aromatic nitrogens is 2. The van der Waals surface area contributed by atoms with Crippen LogP contribution in [-0.4, -0.2) is 9.78 Å². The molecule has 4 heteroatoms. The number of halogens is 1. The molecule has 0 fully saturated rings. The summed E-state index contributed by atoms with van der Waals surface area (Å²) in [7, 11) is 0. The molecule has 0 spiro atoms. The highest BCUT2D eigenvalue weighted by atomic mass is 79.9. The zero-order valence-corrected chi connectivity index (χ0v) is 12.4. The molecule has 1 aromatic heterocycles. The minimum atomic E-state index is 0.807. The lowest BCUT2D eigenvalue weighted by Gasteiger charge is -2.08. The van der Waals surface area contributed by atoms with E-state index in [4.69, 9.17) is 0 Å². The molecule has 1 heterocycles. The van der Waals surface area contributed by atoms with E-state index in [1.165, 1.54) is 11.1 Å². The molecule has 0 bridgehead atoms. The first-order valence-corrected chi connectivity index (χ1v) is 6.99. The van der Waals surface area contributed by atoms with Gasteiger partial charge in [-0.05, 0) is 31.0 Å². The number of hydrogen-bond acceptors (Lipinski definition) is 2. The minimum absolute atomic E-state index is 0.807. The molecule has 0 aliphatic heterocycles. The molecular weight excluding hydrogens is 290 g/mol. The summed E-state index contributed by atoms with van der Waals surface area (Å²) in [6.07, 6.45) is 5.14. The van der Waals surface area contributed by atoms with Crippen LogP contribution in [-0.2, 0) is 13.1 Å². The summed E-state index contributed by atoms with van der Waals surface area (Å²) >= 11 is 3.49. The number of rotatable bonds is 5. The molecule has 2 aromatic rings. The third-order valence-electron chi connectivity index (χ3n) is 2.82. The first kappa shape index (κ1) is 13.1. The van der Waals surface area contributed by atoms with Crippen molar-refractivity contribution in [3.63, 3.8) is 0 Å². The molecule has 3 nitrogen and oxygen atoms in total. The van der Waals surface area contributed by atoms with Crippen molar-refractivity contribution in [3.05, 3.63) is 46.2 Å². The normalized spacial score (nSPS) is 10.6. The molecule has 0 aliphatic rings. The Balaban J connectivity index is 1.99. The average molecular weight is 308 g/mol. The molecule has 0 unspecified atom stereocenters. The lowest BCUT2D eigenvalue weighted by Crippen LogP contribution is -2.00. The van der Waals surface area contributed by atoms with E-state index in [0.29, 0.717) is 0 Å². The predicted octanol–water partition coefficient (Wildman–Crippen LogP) is 3.98. The maximum Gasteiger partial charge on any atom is 0.0539 e. The van der Waals surface area contributed by atoms with Crippen molar-refractivity contribution < 1.29 is 0 Å². The molecular formula is C14H18BrN3. The smallest absolute Gasteiger partial charge is 0.0539 e. The summed E-state index contributed by atoms with van der Waals surface area (Å²) in [6.45, 7) is 6.05. The van der Waals surface area contributed by atoms with Crippen molar-refractivity contribution in [2.24, 2.45) is 0 Å². The molecule has 1 aromatic carbocycles. The van der Waals surface area contributed by atoms with Gasteiger partial charge >= 0.3 is 0 Å². The number of hydrogen-bond donors (Lipinski definition) is 1. The molecule has 0 saturated heterocycles. The van der Waals surface area contributed by atoms with Crippen LogP contribution in [0.1, 0.15) is 24.5 Å². The van der Waals surface area contributed by atoms with Crippen molar-refractivity contribution in [2.45, 2.75) is 33.4 Å². The predicted molar refractivity (Wildman–Crippen MR) is 78.7 cm³/mol. The van der Waals surface area contributed by atoms with Crippen molar-refractivity contribution in [1.29, 1.82) is 0 Å². The van der Waals surface area contributed by atoms with E-state index in [-0.39, 0.29) is 0 Å². The zero-order chi connectivity index (χ0) is 13.0. The Morgan fingerprint density at radius 3 is 3.00 bits per heavy atom. The van der Waals surface area contributed by atoms with Crippen LogP contribution in [0.5, 0.6) is 0 Å². The summed E-state index contributed by atoms with van der Waals surface area (Å²) in [6, 6.07) is 6.26. The van der Waals surface area contributed by atoms with E-state index in [0.717, 1.165) is 29.7 Å². The van der Waals surface area contributed by atoms with Gasteiger partial charge in [0, 0.05) is 35.0 Å². The van der Waals surface area contributed by atoms with Gasteiger partial charge in [-0.2, -0.15) is 5.10 Å². The third-order valence-corrected chi connectivity index (χ3v) is 3.32. The third kappa shape index (κ3) is 3.35. The Morgan fingerprint density at radius 1 is 1.39 bits per heavy atom. The lowest BCUT2D eigenvalue weighted by atomic mass is 10.2.